The lowest BCUT2D eigenvalue weighted by Gasteiger charge is -2.17. The summed E-state index contributed by atoms with van der Waals surface area (Å²) in [5.41, 5.74) is 1.72. The summed E-state index contributed by atoms with van der Waals surface area (Å²) in [4.78, 5) is 18.0. The second-order valence-electron chi connectivity index (χ2n) is 7.41. The fourth-order valence-corrected chi connectivity index (χ4v) is 5.73. The first-order chi connectivity index (χ1) is 14.3. The van der Waals surface area contributed by atoms with E-state index in [4.69, 9.17) is 9.47 Å². The number of aromatic nitrogens is 2. The number of rotatable bonds is 9. The lowest BCUT2D eigenvalue weighted by Crippen LogP contribution is -2.24. The molecule has 0 amide bonds. The van der Waals surface area contributed by atoms with Crippen LogP contribution in [0.3, 0.4) is 0 Å². The van der Waals surface area contributed by atoms with Crippen LogP contribution in [0.25, 0.3) is 10.9 Å². The van der Waals surface area contributed by atoms with Gasteiger partial charge in [-0.25, -0.2) is 13.4 Å². The minimum Gasteiger partial charge on any atom is -0.493 e. The van der Waals surface area contributed by atoms with E-state index in [1.54, 1.807) is 16.7 Å². The Labute approximate surface area is 181 Å². The summed E-state index contributed by atoms with van der Waals surface area (Å²) in [7, 11) is -0.0298. The first-order valence-electron chi connectivity index (χ1n) is 9.97. The third kappa shape index (κ3) is 5.57. The SMILES string of the molecule is COc1cc2nc(SCCS(C)(=O)=O)n(CCC3=CCCCC3)c(=O)c2cc1OC. The highest BCUT2D eigenvalue weighted by Crippen LogP contribution is 2.31. The van der Waals surface area contributed by atoms with Crippen molar-refractivity contribution >= 4 is 32.5 Å². The van der Waals surface area contributed by atoms with Crippen LogP contribution >= 0.6 is 11.8 Å². The molecular weight excluding hydrogens is 424 g/mol. The summed E-state index contributed by atoms with van der Waals surface area (Å²) >= 11 is 1.29. The van der Waals surface area contributed by atoms with E-state index in [1.807, 2.05) is 0 Å². The number of allylic oxidation sites excluding steroid dienone is 2. The molecule has 0 radical (unpaired) electrons. The number of methoxy groups -OCH3 is 2. The number of thioether (sulfide) groups is 1. The van der Waals surface area contributed by atoms with Crippen LogP contribution in [0.5, 0.6) is 11.5 Å². The molecule has 1 aliphatic carbocycles. The Morgan fingerprint density at radius 2 is 1.90 bits per heavy atom. The first-order valence-corrected chi connectivity index (χ1v) is 13.0. The van der Waals surface area contributed by atoms with Gasteiger partial charge in [0.15, 0.2) is 16.7 Å². The van der Waals surface area contributed by atoms with Crippen molar-refractivity contribution < 1.29 is 17.9 Å². The molecule has 1 aromatic carbocycles. The number of hydrogen-bond acceptors (Lipinski definition) is 7. The second kappa shape index (κ2) is 9.87. The molecule has 2 aromatic rings. The Morgan fingerprint density at radius 3 is 2.53 bits per heavy atom. The molecule has 0 atom stereocenters. The van der Waals surface area contributed by atoms with Crippen molar-refractivity contribution in [3.63, 3.8) is 0 Å². The molecular formula is C21H28N2O5S2. The molecule has 1 aromatic heterocycles. The zero-order valence-electron chi connectivity index (χ0n) is 17.6. The molecule has 0 saturated heterocycles. The Hall–Kier alpha value is -2.00. The highest BCUT2D eigenvalue weighted by Gasteiger charge is 2.17. The Kier molecular flexibility index (Phi) is 7.46. The monoisotopic (exact) mass is 452 g/mol. The van der Waals surface area contributed by atoms with Crippen LogP contribution in [0.1, 0.15) is 32.1 Å². The maximum Gasteiger partial charge on any atom is 0.262 e. The van der Waals surface area contributed by atoms with Crippen molar-refractivity contribution in [3.05, 3.63) is 34.1 Å². The molecule has 0 fully saturated rings. The van der Waals surface area contributed by atoms with E-state index in [1.165, 1.54) is 50.7 Å². The molecule has 0 N–H and O–H groups in total. The largest absolute Gasteiger partial charge is 0.493 e. The van der Waals surface area contributed by atoms with E-state index in [-0.39, 0.29) is 11.3 Å². The van der Waals surface area contributed by atoms with Crippen LogP contribution in [0.15, 0.2) is 33.7 Å². The maximum absolute atomic E-state index is 13.3. The fraction of sp³-hybridized carbons (Fsp3) is 0.524. The van der Waals surface area contributed by atoms with Gasteiger partial charge in [0.05, 0.1) is 30.9 Å². The highest BCUT2D eigenvalue weighted by atomic mass is 32.2. The molecule has 1 aliphatic rings. The van der Waals surface area contributed by atoms with Gasteiger partial charge in [0.25, 0.3) is 5.56 Å². The van der Waals surface area contributed by atoms with E-state index >= 15 is 0 Å². The van der Waals surface area contributed by atoms with Gasteiger partial charge in [0.1, 0.15) is 9.84 Å². The molecule has 1 heterocycles. The molecule has 0 unspecified atom stereocenters. The van der Waals surface area contributed by atoms with Crippen LogP contribution in [-0.2, 0) is 16.4 Å². The van der Waals surface area contributed by atoms with Crippen LogP contribution in [-0.4, -0.2) is 49.9 Å². The van der Waals surface area contributed by atoms with Crippen molar-refractivity contribution in [2.45, 2.75) is 43.8 Å². The fourth-order valence-electron chi connectivity index (χ4n) is 3.51. The van der Waals surface area contributed by atoms with Gasteiger partial charge in [-0.3, -0.25) is 9.36 Å². The average molecular weight is 453 g/mol. The minimum atomic E-state index is -3.09. The van der Waals surface area contributed by atoms with Crippen molar-refractivity contribution in [1.29, 1.82) is 0 Å². The van der Waals surface area contributed by atoms with Gasteiger partial charge in [0.2, 0.25) is 0 Å². The molecule has 3 rings (SSSR count). The summed E-state index contributed by atoms with van der Waals surface area (Å²) in [5, 5.41) is 0.984. The topological polar surface area (TPSA) is 87.5 Å². The van der Waals surface area contributed by atoms with Gasteiger partial charge in [-0.2, -0.15) is 0 Å². The number of hydrogen-bond donors (Lipinski definition) is 0. The number of fused-ring (bicyclic) bond motifs is 1. The van der Waals surface area contributed by atoms with E-state index in [0.29, 0.717) is 39.9 Å². The summed E-state index contributed by atoms with van der Waals surface area (Å²) < 4.78 is 35.4. The normalized spacial score (nSPS) is 14.6. The lowest BCUT2D eigenvalue weighted by atomic mass is 9.97. The summed E-state index contributed by atoms with van der Waals surface area (Å²) in [6.45, 7) is 0.517. The molecule has 0 bridgehead atoms. The van der Waals surface area contributed by atoms with Gasteiger partial charge in [-0.05, 0) is 38.2 Å². The Morgan fingerprint density at radius 1 is 1.17 bits per heavy atom. The number of sulfone groups is 1. The Bertz CT molecular complexity index is 1110. The number of nitrogens with zero attached hydrogens (tertiary/aromatic N) is 2. The van der Waals surface area contributed by atoms with Crippen LogP contribution in [0.4, 0.5) is 0 Å². The summed E-state index contributed by atoms with van der Waals surface area (Å²) in [6.07, 6.45) is 8.83. The zero-order chi connectivity index (χ0) is 21.7. The predicted octanol–water partition coefficient (Wildman–Crippen LogP) is 3.44. The molecule has 9 heteroatoms. The van der Waals surface area contributed by atoms with Crippen molar-refractivity contribution in [3.8, 4) is 11.5 Å². The van der Waals surface area contributed by atoms with Crippen LogP contribution in [0, 0.1) is 0 Å². The van der Waals surface area contributed by atoms with Crippen molar-refractivity contribution in [1.82, 2.24) is 9.55 Å². The predicted molar refractivity (Wildman–Crippen MR) is 121 cm³/mol. The third-order valence-corrected chi connectivity index (χ3v) is 7.33. The summed E-state index contributed by atoms with van der Waals surface area (Å²) in [6, 6.07) is 3.34. The molecule has 0 spiro atoms. The molecule has 0 saturated carbocycles. The lowest BCUT2D eigenvalue weighted by molar-refractivity contribution is 0.355. The maximum atomic E-state index is 13.3. The number of benzene rings is 1. The minimum absolute atomic E-state index is 0.0304. The second-order valence-corrected chi connectivity index (χ2v) is 10.7. The Balaban J connectivity index is 2.01. The van der Waals surface area contributed by atoms with E-state index < -0.39 is 9.84 Å². The average Bonchev–Trinajstić information content (AvgIpc) is 2.72. The van der Waals surface area contributed by atoms with Gasteiger partial charge >= 0.3 is 0 Å². The van der Waals surface area contributed by atoms with E-state index in [9.17, 15) is 13.2 Å². The van der Waals surface area contributed by atoms with E-state index in [0.717, 1.165) is 19.3 Å². The molecule has 164 valence electrons. The third-order valence-electron chi connectivity index (χ3n) is 5.15. The first kappa shape index (κ1) is 22.7. The quantitative estimate of drug-likeness (QED) is 0.327. The van der Waals surface area contributed by atoms with Crippen molar-refractivity contribution in [2.75, 3.05) is 32.0 Å². The number of ether oxygens (including phenoxy) is 2. The van der Waals surface area contributed by atoms with Crippen LogP contribution in [0.2, 0.25) is 0 Å². The zero-order valence-corrected chi connectivity index (χ0v) is 19.3. The standard InChI is InChI=1S/C21H28N2O5S2/c1-27-18-13-16-17(14-19(18)28-2)22-21(29-11-12-30(3,25)26)23(20(16)24)10-9-15-7-5-4-6-8-15/h7,13-14H,4-6,8-12H2,1-3H3. The highest BCUT2D eigenvalue weighted by molar-refractivity contribution is 8.00. The summed E-state index contributed by atoms with van der Waals surface area (Å²) in [5.74, 6) is 1.34. The van der Waals surface area contributed by atoms with Crippen LogP contribution < -0.4 is 15.0 Å². The van der Waals surface area contributed by atoms with Gasteiger partial charge < -0.3 is 9.47 Å². The van der Waals surface area contributed by atoms with E-state index in [2.05, 4.69) is 11.1 Å². The molecule has 0 aliphatic heterocycles. The van der Waals surface area contributed by atoms with Crippen molar-refractivity contribution in [2.24, 2.45) is 0 Å². The smallest absolute Gasteiger partial charge is 0.262 e. The van der Waals surface area contributed by atoms with Gasteiger partial charge in [0, 0.05) is 24.6 Å². The molecule has 30 heavy (non-hydrogen) atoms. The van der Waals surface area contributed by atoms with Gasteiger partial charge in [-0.15, -0.1) is 0 Å². The van der Waals surface area contributed by atoms with Gasteiger partial charge in [-0.1, -0.05) is 23.4 Å². The molecule has 7 nitrogen and oxygen atoms in total.